The standard InChI is InChI=1S/C13H11ClN2O4S/c14-11-6-2-1-5-10(11)9-15-21(19,20)13-8-4-3-7-12(13)16(17)18/h1-8,15H,9H2. The number of nitro benzene ring substituents is 1. The van der Waals surface area contributed by atoms with Gasteiger partial charge in [-0.15, -0.1) is 0 Å². The Balaban J connectivity index is 2.28. The molecule has 0 radical (unpaired) electrons. The molecule has 0 heterocycles. The Labute approximate surface area is 126 Å². The van der Waals surface area contributed by atoms with Gasteiger partial charge in [0, 0.05) is 17.6 Å². The molecule has 0 spiro atoms. The van der Waals surface area contributed by atoms with Gasteiger partial charge in [0.05, 0.1) is 4.92 Å². The maximum atomic E-state index is 12.2. The molecule has 0 aliphatic carbocycles. The Morgan fingerprint density at radius 2 is 1.71 bits per heavy atom. The molecule has 6 nitrogen and oxygen atoms in total. The number of hydrogen-bond donors (Lipinski definition) is 1. The average Bonchev–Trinajstić information content (AvgIpc) is 2.46. The zero-order chi connectivity index (χ0) is 15.5. The van der Waals surface area contributed by atoms with Crippen LogP contribution in [0.5, 0.6) is 0 Å². The molecule has 21 heavy (non-hydrogen) atoms. The van der Waals surface area contributed by atoms with Gasteiger partial charge in [0.15, 0.2) is 4.90 Å². The van der Waals surface area contributed by atoms with Crippen LogP contribution in [0.4, 0.5) is 5.69 Å². The summed E-state index contributed by atoms with van der Waals surface area (Å²) >= 11 is 5.94. The highest BCUT2D eigenvalue weighted by molar-refractivity contribution is 7.89. The second-order valence-electron chi connectivity index (χ2n) is 4.14. The number of benzene rings is 2. The summed E-state index contributed by atoms with van der Waals surface area (Å²) in [5.74, 6) is 0. The molecule has 0 atom stereocenters. The third-order valence-corrected chi connectivity index (χ3v) is 4.58. The van der Waals surface area contributed by atoms with Crippen LogP contribution in [0.15, 0.2) is 53.4 Å². The Bertz CT molecular complexity index is 777. The fraction of sp³-hybridized carbons (Fsp3) is 0.0769. The summed E-state index contributed by atoms with van der Waals surface area (Å²) in [7, 11) is -4.00. The molecule has 0 aliphatic heterocycles. The molecule has 110 valence electrons. The molecular weight excluding hydrogens is 316 g/mol. The molecule has 2 rings (SSSR count). The van der Waals surface area contributed by atoms with E-state index in [0.29, 0.717) is 10.6 Å². The van der Waals surface area contributed by atoms with Crippen molar-refractivity contribution in [3.63, 3.8) is 0 Å². The number of nitrogens with zero attached hydrogens (tertiary/aromatic N) is 1. The lowest BCUT2D eigenvalue weighted by atomic mass is 10.2. The van der Waals surface area contributed by atoms with Crippen molar-refractivity contribution >= 4 is 27.3 Å². The van der Waals surface area contributed by atoms with Gasteiger partial charge in [0.2, 0.25) is 10.0 Å². The Hall–Kier alpha value is -1.96. The molecule has 8 heteroatoms. The number of nitrogens with one attached hydrogen (secondary N) is 1. The zero-order valence-corrected chi connectivity index (χ0v) is 12.3. The SMILES string of the molecule is O=[N+]([O-])c1ccccc1S(=O)(=O)NCc1ccccc1Cl. The van der Waals surface area contributed by atoms with Crippen LogP contribution in [0.1, 0.15) is 5.56 Å². The highest BCUT2D eigenvalue weighted by atomic mass is 35.5. The van der Waals surface area contributed by atoms with Crippen LogP contribution >= 0.6 is 11.6 Å². The largest absolute Gasteiger partial charge is 0.289 e. The number of hydrogen-bond acceptors (Lipinski definition) is 4. The first-order chi connectivity index (χ1) is 9.92. The fourth-order valence-electron chi connectivity index (χ4n) is 1.73. The number of halogens is 1. The van der Waals surface area contributed by atoms with Crippen LogP contribution in [0, 0.1) is 10.1 Å². The smallest absolute Gasteiger partial charge is 0.258 e. The zero-order valence-electron chi connectivity index (χ0n) is 10.7. The molecule has 2 aromatic carbocycles. The van der Waals surface area contributed by atoms with Crippen LogP contribution < -0.4 is 4.72 Å². The minimum atomic E-state index is -4.00. The van der Waals surface area contributed by atoms with E-state index >= 15 is 0 Å². The predicted molar refractivity (Wildman–Crippen MR) is 78.6 cm³/mol. The monoisotopic (exact) mass is 326 g/mol. The third kappa shape index (κ3) is 3.57. The molecule has 1 N–H and O–H groups in total. The Morgan fingerprint density at radius 1 is 1.10 bits per heavy atom. The molecule has 0 unspecified atom stereocenters. The van der Waals surface area contributed by atoms with E-state index in [9.17, 15) is 18.5 Å². The summed E-state index contributed by atoms with van der Waals surface area (Å²) in [5.41, 5.74) is 0.116. The van der Waals surface area contributed by atoms with Crippen molar-refractivity contribution in [2.75, 3.05) is 0 Å². The number of sulfonamides is 1. The van der Waals surface area contributed by atoms with Gasteiger partial charge in [-0.05, 0) is 17.7 Å². The van der Waals surface area contributed by atoms with Gasteiger partial charge in [0.1, 0.15) is 0 Å². The fourth-order valence-corrected chi connectivity index (χ4v) is 3.11. The topological polar surface area (TPSA) is 89.3 Å². The molecule has 0 amide bonds. The second-order valence-corrected chi connectivity index (χ2v) is 6.28. The van der Waals surface area contributed by atoms with Crippen LogP contribution in [0.3, 0.4) is 0 Å². The minimum absolute atomic E-state index is 0.0476. The quantitative estimate of drug-likeness (QED) is 0.675. The highest BCUT2D eigenvalue weighted by Gasteiger charge is 2.24. The first-order valence-electron chi connectivity index (χ1n) is 5.88. The highest BCUT2D eigenvalue weighted by Crippen LogP contribution is 2.23. The van der Waals surface area contributed by atoms with E-state index in [0.717, 1.165) is 6.07 Å². The van der Waals surface area contributed by atoms with E-state index in [-0.39, 0.29) is 11.4 Å². The summed E-state index contributed by atoms with van der Waals surface area (Å²) < 4.78 is 26.7. The maximum absolute atomic E-state index is 12.2. The molecule has 0 aliphatic rings. The van der Waals surface area contributed by atoms with Crippen molar-refractivity contribution in [1.82, 2.24) is 4.72 Å². The lowest BCUT2D eigenvalue weighted by Crippen LogP contribution is -2.24. The average molecular weight is 327 g/mol. The van der Waals surface area contributed by atoms with Gasteiger partial charge in [-0.3, -0.25) is 10.1 Å². The lowest BCUT2D eigenvalue weighted by Gasteiger charge is -2.08. The number of para-hydroxylation sites is 1. The maximum Gasteiger partial charge on any atom is 0.289 e. The summed E-state index contributed by atoms with van der Waals surface area (Å²) in [6, 6.07) is 11.9. The lowest BCUT2D eigenvalue weighted by molar-refractivity contribution is -0.387. The van der Waals surface area contributed by atoms with Crippen molar-refractivity contribution in [2.24, 2.45) is 0 Å². The van der Waals surface area contributed by atoms with Crippen molar-refractivity contribution in [3.05, 3.63) is 69.2 Å². The van der Waals surface area contributed by atoms with E-state index in [1.807, 2.05) is 0 Å². The van der Waals surface area contributed by atoms with Crippen molar-refractivity contribution < 1.29 is 13.3 Å². The summed E-state index contributed by atoms with van der Waals surface area (Å²) in [5, 5.41) is 11.3. The number of rotatable bonds is 5. The minimum Gasteiger partial charge on any atom is -0.258 e. The van der Waals surface area contributed by atoms with Crippen LogP contribution in [0.25, 0.3) is 0 Å². The third-order valence-electron chi connectivity index (χ3n) is 2.76. The summed E-state index contributed by atoms with van der Waals surface area (Å²) in [4.78, 5) is 9.78. The Morgan fingerprint density at radius 3 is 2.38 bits per heavy atom. The van der Waals surface area contributed by atoms with Crippen LogP contribution in [-0.4, -0.2) is 13.3 Å². The van der Waals surface area contributed by atoms with E-state index in [2.05, 4.69) is 4.72 Å². The first kappa shape index (κ1) is 15.4. The van der Waals surface area contributed by atoms with Gasteiger partial charge >= 0.3 is 0 Å². The molecule has 0 saturated carbocycles. The predicted octanol–water partition coefficient (Wildman–Crippen LogP) is 2.73. The van der Waals surface area contributed by atoms with Gasteiger partial charge in [0.25, 0.3) is 5.69 Å². The van der Waals surface area contributed by atoms with Gasteiger partial charge in [-0.25, -0.2) is 13.1 Å². The van der Waals surface area contributed by atoms with Crippen LogP contribution in [0.2, 0.25) is 5.02 Å². The van der Waals surface area contributed by atoms with Crippen molar-refractivity contribution in [3.8, 4) is 0 Å². The molecule has 0 aromatic heterocycles. The van der Waals surface area contributed by atoms with Gasteiger partial charge in [-0.2, -0.15) is 0 Å². The van der Waals surface area contributed by atoms with Crippen LogP contribution in [-0.2, 0) is 16.6 Å². The Kier molecular flexibility index (Phi) is 4.56. The normalized spacial score (nSPS) is 11.3. The molecular formula is C13H11ClN2O4S. The first-order valence-corrected chi connectivity index (χ1v) is 7.74. The van der Waals surface area contributed by atoms with Crippen molar-refractivity contribution in [1.29, 1.82) is 0 Å². The second kappa shape index (κ2) is 6.21. The molecule has 2 aromatic rings. The molecule has 0 bridgehead atoms. The summed E-state index contributed by atoms with van der Waals surface area (Å²) in [6.07, 6.45) is 0. The summed E-state index contributed by atoms with van der Waals surface area (Å²) in [6.45, 7) is -0.0476. The number of nitro groups is 1. The van der Waals surface area contributed by atoms with Gasteiger partial charge in [-0.1, -0.05) is 41.9 Å². The van der Waals surface area contributed by atoms with Crippen molar-refractivity contribution in [2.45, 2.75) is 11.4 Å². The van der Waals surface area contributed by atoms with E-state index in [1.165, 1.54) is 18.2 Å². The van der Waals surface area contributed by atoms with E-state index in [1.54, 1.807) is 24.3 Å². The van der Waals surface area contributed by atoms with E-state index in [4.69, 9.17) is 11.6 Å². The van der Waals surface area contributed by atoms with Gasteiger partial charge < -0.3 is 0 Å². The van der Waals surface area contributed by atoms with E-state index < -0.39 is 20.6 Å². The molecule has 0 saturated heterocycles. The molecule has 0 fully saturated rings.